The van der Waals surface area contributed by atoms with Crippen molar-refractivity contribution in [1.82, 2.24) is 14.4 Å². The van der Waals surface area contributed by atoms with Crippen molar-refractivity contribution in [2.24, 2.45) is 0 Å². The van der Waals surface area contributed by atoms with E-state index < -0.39 is 0 Å². The molecule has 3 aromatic rings. The van der Waals surface area contributed by atoms with Crippen LogP contribution in [0.15, 0.2) is 57.9 Å². The first kappa shape index (κ1) is 18.6. The number of amides is 1. The number of piperazine rings is 1. The summed E-state index contributed by atoms with van der Waals surface area (Å²) in [6, 6.07) is 14.3. The van der Waals surface area contributed by atoms with E-state index in [1.165, 1.54) is 11.1 Å². The van der Waals surface area contributed by atoms with Crippen LogP contribution in [0.1, 0.15) is 21.5 Å². The number of benzene rings is 2. The lowest BCUT2D eigenvalue weighted by Crippen LogP contribution is -2.49. The van der Waals surface area contributed by atoms with Gasteiger partial charge in [0.25, 0.3) is 5.91 Å². The van der Waals surface area contributed by atoms with Crippen LogP contribution in [0.3, 0.4) is 0 Å². The minimum Gasteiger partial charge on any atom is -0.346 e. The van der Waals surface area contributed by atoms with Gasteiger partial charge in [-0.2, -0.15) is 0 Å². The van der Waals surface area contributed by atoms with Crippen LogP contribution < -0.4 is 5.43 Å². The highest BCUT2D eigenvalue weighted by atomic mass is 79.9. The molecule has 0 radical (unpaired) electrons. The topological polar surface area (TPSA) is 45.6 Å². The fourth-order valence-corrected chi connectivity index (χ4v) is 4.98. The number of halogens is 1. The van der Waals surface area contributed by atoms with E-state index in [4.69, 9.17) is 0 Å². The largest absolute Gasteiger partial charge is 0.346 e. The van der Waals surface area contributed by atoms with Crippen molar-refractivity contribution in [2.45, 2.75) is 19.5 Å². The average molecular weight is 452 g/mol. The third-order valence-corrected chi connectivity index (χ3v) is 6.43. The summed E-state index contributed by atoms with van der Waals surface area (Å²) in [5.41, 5.74) is 3.56. The smallest absolute Gasteiger partial charge is 0.259 e. The molecule has 0 N–H and O–H groups in total. The molecule has 1 saturated heterocycles. The summed E-state index contributed by atoms with van der Waals surface area (Å²) in [4.78, 5) is 30.5. The predicted molar refractivity (Wildman–Crippen MR) is 117 cm³/mol. The number of nitrogens with zero attached hydrogens (tertiary/aromatic N) is 3. The van der Waals surface area contributed by atoms with Gasteiger partial charge in [0.05, 0.1) is 5.52 Å². The number of rotatable bonds is 3. The third kappa shape index (κ3) is 3.40. The third-order valence-electron chi connectivity index (χ3n) is 5.98. The first-order chi connectivity index (χ1) is 14.1. The second-order valence-corrected chi connectivity index (χ2v) is 8.75. The van der Waals surface area contributed by atoms with Crippen LogP contribution in [-0.4, -0.2) is 46.5 Å². The van der Waals surface area contributed by atoms with E-state index in [1.807, 2.05) is 17.0 Å². The Morgan fingerprint density at radius 3 is 2.52 bits per heavy atom. The molecule has 0 atom stereocenters. The maximum Gasteiger partial charge on any atom is 0.259 e. The van der Waals surface area contributed by atoms with Gasteiger partial charge in [0.1, 0.15) is 5.56 Å². The average Bonchev–Trinajstić information content (AvgIpc) is 3.14. The number of aromatic nitrogens is 1. The zero-order chi connectivity index (χ0) is 20.0. The van der Waals surface area contributed by atoms with Gasteiger partial charge in [0.2, 0.25) is 5.43 Å². The molecular formula is C23H22BrN3O2. The molecule has 5 nitrogen and oxygen atoms in total. The monoisotopic (exact) mass is 451 g/mol. The number of aryl methyl sites for hydroxylation is 2. The van der Waals surface area contributed by atoms with Gasteiger partial charge in [-0.3, -0.25) is 14.5 Å². The van der Waals surface area contributed by atoms with E-state index in [0.29, 0.717) is 24.0 Å². The zero-order valence-electron chi connectivity index (χ0n) is 16.1. The Labute approximate surface area is 177 Å². The van der Waals surface area contributed by atoms with E-state index in [9.17, 15) is 9.59 Å². The van der Waals surface area contributed by atoms with Gasteiger partial charge in [-0.1, -0.05) is 46.3 Å². The Hall–Kier alpha value is -2.44. The van der Waals surface area contributed by atoms with Crippen LogP contribution in [0.5, 0.6) is 0 Å². The van der Waals surface area contributed by atoms with E-state index in [0.717, 1.165) is 42.6 Å². The SMILES string of the molecule is O=C(c1cn2c3c(cc(Br)cc3c1=O)CC2)N1CCN(Cc2ccccc2)CC1. The Morgan fingerprint density at radius 2 is 1.76 bits per heavy atom. The summed E-state index contributed by atoms with van der Waals surface area (Å²) < 4.78 is 2.96. The van der Waals surface area contributed by atoms with E-state index in [2.05, 4.69) is 55.7 Å². The Morgan fingerprint density at radius 1 is 1.00 bits per heavy atom. The lowest BCUT2D eigenvalue weighted by atomic mass is 10.1. The molecular weight excluding hydrogens is 430 g/mol. The van der Waals surface area contributed by atoms with Gasteiger partial charge in [0, 0.05) is 55.3 Å². The first-order valence-electron chi connectivity index (χ1n) is 10.0. The van der Waals surface area contributed by atoms with Crippen molar-refractivity contribution in [3.05, 3.63) is 80.0 Å². The Kier molecular flexibility index (Phi) is 4.76. The standard InChI is InChI=1S/C23H22BrN3O2/c24-18-12-17-6-7-27-15-20(22(28)19(13-18)21(17)27)23(29)26-10-8-25(9-11-26)14-16-4-2-1-3-5-16/h1-5,12-13,15H,6-11,14H2. The normalized spacial score (nSPS) is 16.5. The second-order valence-electron chi connectivity index (χ2n) is 7.83. The van der Waals surface area contributed by atoms with Gasteiger partial charge in [-0.05, 0) is 29.7 Å². The van der Waals surface area contributed by atoms with Crippen LogP contribution in [-0.2, 0) is 19.5 Å². The Balaban J connectivity index is 1.36. The summed E-state index contributed by atoms with van der Waals surface area (Å²) in [6.45, 7) is 4.63. The molecule has 0 unspecified atom stereocenters. The summed E-state index contributed by atoms with van der Waals surface area (Å²) in [5, 5.41) is 0.639. The highest BCUT2D eigenvalue weighted by Crippen LogP contribution is 2.28. The summed E-state index contributed by atoms with van der Waals surface area (Å²) in [5.74, 6) is -0.145. The van der Waals surface area contributed by atoms with Crippen molar-refractivity contribution in [2.75, 3.05) is 26.2 Å². The molecule has 29 heavy (non-hydrogen) atoms. The van der Waals surface area contributed by atoms with Crippen molar-refractivity contribution in [3.8, 4) is 0 Å². The molecule has 3 heterocycles. The number of pyridine rings is 1. The highest BCUT2D eigenvalue weighted by Gasteiger charge is 2.27. The lowest BCUT2D eigenvalue weighted by molar-refractivity contribution is 0.0626. The number of carbonyl (C=O) groups is 1. The van der Waals surface area contributed by atoms with Crippen LogP contribution in [0.2, 0.25) is 0 Å². The predicted octanol–water partition coefficient (Wildman–Crippen LogP) is 3.28. The maximum absolute atomic E-state index is 13.2. The number of hydrogen-bond acceptors (Lipinski definition) is 3. The molecule has 0 bridgehead atoms. The quantitative estimate of drug-likeness (QED) is 0.613. The van der Waals surface area contributed by atoms with Gasteiger partial charge in [-0.15, -0.1) is 0 Å². The second kappa shape index (κ2) is 7.43. The minimum absolute atomic E-state index is 0.145. The molecule has 148 valence electrons. The summed E-state index contributed by atoms with van der Waals surface area (Å²) in [6.07, 6.45) is 2.67. The molecule has 2 aliphatic heterocycles. The zero-order valence-corrected chi connectivity index (χ0v) is 17.7. The molecule has 2 aliphatic rings. The van der Waals surface area contributed by atoms with E-state index in [1.54, 1.807) is 6.20 Å². The van der Waals surface area contributed by atoms with E-state index in [-0.39, 0.29) is 11.3 Å². The van der Waals surface area contributed by atoms with E-state index >= 15 is 0 Å². The number of carbonyl (C=O) groups excluding carboxylic acids is 1. The molecule has 0 spiro atoms. The first-order valence-corrected chi connectivity index (χ1v) is 10.8. The van der Waals surface area contributed by atoms with Gasteiger partial charge < -0.3 is 9.47 Å². The molecule has 6 heteroatoms. The fourth-order valence-electron chi connectivity index (χ4n) is 4.47. The van der Waals surface area contributed by atoms with Crippen molar-refractivity contribution >= 4 is 32.7 Å². The van der Waals surface area contributed by atoms with Crippen LogP contribution in [0.4, 0.5) is 0 Å². The van der Waals surface area contributed by atoms with Crippen LogP contribution >= 0.6 is 15.9 Å². The van der Waals surface area contributed by atoms with Crippen LogP contribution in [0.25, 0.3) is 10.9 Å². The molecule has 0 saturated carbocycles. The number of hydrogen-bond donors (Lipinski definition) is 0. The molecule has 0 aliphatic carbocycles. The maximum atomic E-state index is 13.2. The molecule has 2 aromatic carbocycles. The van der Waals surface area contributed by atoms with Crippen molar-refractivity contribution in [3.63, 3.8) is 0 Å². The molecule has 5 rings (SSSR count). The highest BCUT2D eigenvalue weighted by molar-refractivity contribution is 9.10. The molecule has 1 amide bonds. The Bertz CT molecular complexity index is 1150. The van der Waals surface area contributed by atoms with Crippen molar-refractivity contribution in [1.29, 1.82) is 0 Å². The van der Waals surface area contributed by atoms with Gasteiger partial charge in [0.15, 0.2) is 0 Å². The van der Waals surface area contributed by atoms with Crippen molar-refractivity contribution < 1.29 is 4.79 Å². The molecule has 1 aromatic heterocycles. The summed E-state index contributed by atoms with van der Waals surface area (Å²) >= 11 is 3.50. The fraction of sp³-hybridized carbons (Fsp3) is 0.304. The van der Waals surface area contributed by atoms with Gasteiger partial charge in [-0.25, -0.2) is 0 Å². The van der Waals surface area contributed by atoms with Gasteiger partial charge >= 0.3 is 0 Å². The lowest BCUT2D eigenvalue weighted by Gasteiger charge is -2.34. The summed E-state index contributed by atoms with van der Waals surface area (Å²) in [7, 11) is 0. The van der Waals surface area contributed by atoms with Crippen LogP contribution in [0, 0.1) is 0 Å². The molecule has 1 fully saturated rings. The minimum atomic E-state index is -0.155.